The van der Waals surface area contributed by atoms with Gasteiger partial charge in [0.25, 0.3) is 0 Å². The third kappa shape index (κ3) is 13.0. The second kappa shape index (κ2) is 20.8. The van der Waals surface area contributed by atoms with Gasteiger partial charge in [-0.2, -0.15) is 0 Å². The van der Waals surface area contributed by atoms with E-state index in [0.717, 1.165) is 24.2 Å². The largest absolute Gasteiger partial charge is 0.394 e. The molecule has 2 rings (SSSR count). The van der Waals surface area contributed by atoms with Crippen LogP contribution in [0.4, 0.5) is 4.39 Å². The topological polar surface area (TPSA) is 108 Å². The van der Waals surface area contributed by atoms with Crippen LogP contribution in [0, 0.1) is 5.82 Å². The van der Waals surface area contributed by atoms with E-state index in [2.05, 4.69) is 25.5 Å². The van der Waals surface area contributed by atoms with E-state index in [1.54, 1.807) is 32.3 Å². The minimum Gasteiger partial charge on any atom is -0.394 e. The van der Waals surface area contributed by atoms with Crippen molar-refractivity contribution in [1.82, 2.24) is 15.5 Å². The molecule has 1 aromatic carbocycles. The molecule has 1 aliphatic heterocycles. The number of aliphatic imine (C=N–C) groups is 2. The molecule has 0 radical (unpaired) electrons. The first-order valence-corrected chi connectivity index (χ1v) is 15.8. The number of ether oxygens (including phenoxy) is 2. The maximum Gasteiger partial charge on any atom is 0.226 e. The van der Waals surface area contributed by atoms with Crippen LogP contribution in [0.25, 0.3) is 5.57 Å². The van der Waals surface area contributed by atoms with E-state index in [4.69, 9.17) is 21.1 Å². The Balaban J connectivity index is 2.57. The number of aliphatic hydroxyl groups is 1. The molecule has 248 valence electrons. The summed E-state index contributed by atoms with van der Waals surface area (Å²) in [6.45, 7) is 13.4. The highest BCUT2D eigenvalue weighted by molar-refractivity contribution is 6.30. The summed E-state index contributed by atoms with van der Waals surface area (Å²) in [5.41, 5.74) is 4.77. The smallest absolute Gasteiger partial charge is 0.226 e. The summed E-state index contributed by atoms with van der Waals surface area (Å²) in [4.78, 5) is 24.1. The van der Waals surface area contributed by atoms with Crippen LogP contribution in [0.5, 0.6) is 0 Å². The number of benzene rings is 1. The normalized spacial score (nSPS) is 16.5. The molecule has 0 spiro atoms. The van der Waals surface area contributed by atoms with Crippen molar-refractivity contribution in [2.24, 2.45) is 9.98 Å². The Morgan fingerprint density at radius 1 is 1.16 bits per heavy atom. The Morgan fingerprint density at radius 2 is 1.87 bits per heavy atom. The van der Waals surface area contributed by atoms with Gasteiger partial charge in [0.1, 0.15) is 11.6 Å². The van der Waals surface area contributed by atoms with E-state index in [0.29, 0.717) is 78.1 Å². The Hall–Kier alpha value is -3.15. The monoisotopic (exact) mass is 645 g/mol. The fourth-order valence-corrected chi connectivity index (χ4v) is 4.60. The third-order valence-electron chi connectivity index (χ3n) is 7.39. The van der Waals surface area contributed by atoms with Gasteiger partial charge in [-0.25, -0.2) is 9.38 Å². The zero-order chi connectivity index (χ0) is 33.2. The van der Waals surface area contributed by atoms with Crippen molar-refractivity contribution < 1.29 is 23.8 Å². The van der Waals surface area contributed by atoms with Crippen molar-refractivity contribution in [3.05, 3.63) is 75.1 Å². The molecule has 0 saturated carbocycles. The highest BCUT2D eigenvalue weighted by Crippen LogP contribution is 2.29. The minimum absolute atomic E-state index is 0.104. The molecule has 1 saturated heterocycles. The molecule has 1 aliphatic rings. The van der Waals surface area contributed by atoms with Crippen molar-refractivity contribution in [2.75, 3.05) is 59.7 Å². The van der Waals surface area contributed by atoms with E-state index in [-0.39, 0.29) is 25.7 Å². The van der Waals surface area contributed by atoms with Crippen molar-refractivity contribution in [1.29, 1.82) is 0 Å². The number of nitrogens with zero attached hydrogens (tertiary/aromatic N) is 3. The zero-order valence-electron chi connectivity index (χ0n) is 27.5. The summed E-state index contributed by atoms with van der Waals surface area (Å²) in [5.74, 6) is -0.160. The molecule has 0 aliphatic carbocycles. The molecule has 0 unspecified atom stereocenters. The standard InChI is InChI=1S/C34H49ClFN5O4/c1-7-24(4)27(28-20-26(35)10-11-29(28)36)21-31(32(37-6)23-45-19-16-42)39-30(25(5)8-2)22-33(38-9-3)40-34(43)12-13-41-14-17-44-18-15-41/h9-11,20-22,39,42H,7-8,12-19,23H2,1-6H3,(H,40,43)/b27-24?,30-25?,31-21+,33-22+,37-32?,38-9-. The molecular weight excluding hydrogens is 597 g/mol. The fourth-order valence-electron chi connectivity index (χ4n) is 4.43. The second-order valence-electron chi connectivity index (χ2n) is 10.5. The maximum absolute atomic E-state index is 15.2. The Labute approximate surface area is 272 Å². The molecule has 0 aromatic heterocycles. The fraction of sp³-hybridized carbons (Fsp3) is 0.500. The number of aliphatic hydroxyl groups excluding tert-OH is 1. The highest BCUT2D eigenvalue weighted by Gasteiger charge is 2.17. The van der Waals surface area contributed by atoms with E-state index in [1.165, 1.54) is 12.1 Å². The molecule has 3 N–H and O–H groups in total. The number of allylic oxidation sites excluding steroid dienone is 5. The number of nitrogens with one attached hydrogen (secondary N) is 2. The number of rotatable bonds is 17. The van der Waals surface area contributed by atoms with Gasteiger partial charge < -0.3 is 25.2 Å². The number of carbonyl (C=O) groups is 1. The average molecular weight is 646 g/mol. The Morgan fingerprint density at radius 3 is 2.49 bits per heavy atom. The quantitative estimate of drug-likeness (QED) is 0.115. The molecule has 9 nitrogen and oxygen atoms in total. The van der Waals surface area contributed by atoms with Crippen molar-refractivity contribution >= 4 is 35.0 Å². The van der Waals surface area contributed by atoms with Gasteiger partial charge >= 0.3 is 0 Å². The molecule has 11 heteroatoms. The van der Waals surface area contributed by atoms with E-state index < -0.39 is 5.82 Å². The number of hydrogen-bond donors (Lipinski definition) is 3. The summed E-state index contributed by atoms with van der Waals surface area (Å²) < 4.78 is 26.3. The van der Waals surface area contributed by atoms with Crippen LogP contribution in [0.1, 0.15) is 59.4 Å². The number of morpholine rings is 1. The minimum atomic E-state index is -0.399. The number of amides is 1. The van der Waals surface area contributed by atoms with Gasteiger partial charge in [-0.3, -0.25) is 14.7 Å². The second-order valence-corrected chi connectivity index (χ2v) is 11.0. The van der Waals surface area contributed by atoms with Gasteiger partial charge in [-0.15, -0.1) is 0 Å². The summed E-state index contributed by atoms with van der Waals surface area (Å²) >= 11 is 6.30. The first-order valence-electron chi connectivity index (χ1n) is 15.5. The molecule has 1 fully saturated rings. The highest BCUT2D eigenvalue weighted by atomic mass is 35.5. The zero-order valence-corrected chi connectivity index (χ0v) is 28.3. The number of carbonyl (C=O) groups excluding carboxylic acids is 1. The molecular formula is C34H49ClFN5O4. The van der Waals surface area contributed by atoms with Crippen molar-refractivity contribution in [2.45, 2.75) is 53.9 Å². The van der Waals surface area contributed by atoms with Gasteiger partial charge in [-0.05, 0) is 69.0 Å². The van der Waals surface area contributed by atoms with Gasteiger partial charge in [0.2, 0.25) is 5.91 Å². The number of halogens is 2. The third-order valence-corrected chi connectivity index (χ3v) is 7.62. The predicted octanol–water partition coefficient (Wildman–Crippen LogP) is 5.67. The summed E-state index contributed by atoms with van der Waals surface area (Å²) in [6.07, 6.45) is 6.96. The van der Waals surface area contributed by atoms with Gasteiger partial charge in [0.05, 0.1) is 44.4 Å². The average Bonchev–Trinajstić information content (AvgIpc) is 3.04. The lowest BCUT2D eigenvalue weighted by Gasteiger charge is -2.26. The lowest BCUT2D eigenvalue weighted by atomic mass is 9.96. The van der Waals surface area contributed by atoms with Crippen LogP contribution in [-0.2, 0) is 14.3 Å². The van der Waals surface area contributed by atoms with Gasteiger partial charge in [0.15, 0.2) is 0 Å². The molecule has 1 aromatic rings. The van der Waals surface area contributed by atoms with Crippen molar-refractivity contribution in [3.63, 3.8) is 0 Å². The van der Waals surface area contributed by atoms with Crippen LogP contribution < -0.4 is 10.6 Å². The van der Waals surface area contributed by atoms with E-state index in [9.17, 15) is 9.90 Å². The maximum atomic E-state index is 15.2. The first kappa shape index (κ1) is 38.0. The Bertz CT molecular complexity index is 1310. The lowest BCUT2D eigenvalue weighted by molar-refractivity contribution is -0.121. The SMILES string of the molecule is C/C=N\C(=C/C(N/C(=C/C(=C(C)CC)c1cc(Cl)ccc1F)C(COCCO)=NC)=C(C)CC)NC(=O)CCN1CCOCC1. The van der Waals surface area contributed by atoms with Crippen LogP contribution in [0.3, 0.4) is 0 Å². The van der Waals surface area contributed by atoms with Gasteiger partial charge in [0, 0.05) is 61.7 Å². The van der Waals surface area contributed by atoms with E-state index >= 15 is 4.39 Å². The van der Waals surface area contributed by atoms with Crippen LogP contribution in [0.15, 0.2) is 68.7 Å². The van der Waals surface area contributed by atoms with Crippen LogP contribution in [-0.4, -0.2) is 87.6 Å². The predicted molar refractivity (Wildman–Crippen MR) is 182 cm³/mol. The Kier molecular flexibility index (Phi) is 17.6. The molecule has 45 heavy (non-hydrogen) atoms. The molecule has 0 atom stereocenters. The lowest BCUT2D eigenvalue weighted by Crippen LogP contribution is -2.38. The molecule has 0 bridgehead atoms. The van der Waals surface area contributed by atoms with Crippen LogP contribution in [0.2, 0.25) is 5.02 Å². The van der Waals surface area contributed by atoms with E-state index in [1.807, 2.05) is 33.8 Å². The number of hydrogen-bond acceptors (Lipinski definition) is 8. The molecule has 1 heterocycles. The van der Waals surface area contributed by atoms with Crippen LogP contribution >= 0.6 is 11.6 Å². The van der Waals surface area contributed by atoms with Gasteiger partial charge in [-0.1, -0.05) is 31.0 Å². The first-order chi connectivity index (χ1) is 21.7. The molecule has 1 amide bonds. The summed E-state index contributed by atoms with van der Waals surface area (Å²) in [5, 5.41) is 16.2. The summed E-state index contributed by atoms with van der Waals surface area (Å²) in [7, 11) is 1.65. The van der Waals surface area contributed by atoms with Crippen molar-refractivity contribution in [3.8, 4) is 0 Å². The summed E-state index contributed by atoms with van der Waals surface area (Å²) in [6, 6.07) is 4.48.